The summed E-state index contributed by atoms with van der Waals surface area (Å²) in [5.74, 6) is 0. The standard InChI is InChI=1S/C14H12BrClN2O/c1-9-6-10(15)8-13(7-9)18-14(19)17-12-4-2-11(16)3-5-12/h2-8H,1H3,(H2,17,18,19). The molecule has 0 aromatic heterocycles. The number of carbonyl (C=O) groups excluding carboxylic acids is 1. The number of rotatable bonds is 2. The molecule has 0 fully saturated rings. The van der Waals surface area contributed by atoms with E-state index in [1.54, 1.807) is 24.3 Å². The van der Waals surface area contributed by atoms with E-state index in [0.29, 0.717) is 10.7 Å². The molecule has 2 aromatic rings. The summed E-state index contributed by atoms with van der Waals surface area (Å²) < 4.78 is 0.925. The van der Waals surface area contributed by atoms with Gasteiger partial charge in [-0.05, 0) is 55.0 Å². The minimum absolute atomic E-state index is 0.292. The first-order valence-electron chi connectivity index (χ1n) is 5.64. The molecule has 2 N–H and O–H groups in total. The van der Waals surface area contributed by atoms with Crippen molar-refractivity contribution < 1.29 is 4.79 Å². The number of hydrogen-bond acceptors (Lipinski definition) is 1. The molecule has 0 atom stereocenters. The molecular formula is C14H12BrClN2O. The fourth-order valence-corrected chi connectivity index (χ4v) is 2.37. The molecule has 2 aromatic carbocycles. The van der Waals surface area contributed by atoms with Crippen LogP contribution in [0.5, 0.6) is 0 Å². The molecule has 5 heteroatoms. The summed E-state index contributed by atoms with van der Waals surface area (Å²) in [6, 6.07) is 12.4. The van der Waals surface area contributed by atoms with Crippen LogP contribution in [0.4, 0.5) is 16.2 Å². The lowest BCUT2D eigenvalue weighted by atomic mass is 10.2. The fourth-order valence-electron chi connectivity index (χ4n) is 1.64. The highest BCUT2D eigenvalue weighted by atomic mass is 79.9. The number of amides is 2. The summed E-state index contributed by atoms with van der Waals surface area (Å²) in [5.41, 5.74) is 2.49. The van der Waals surface area contributed by atoms with Gasteiger partial charge < -0.3 is 10.6 Å². The average molecular weight is 340 g/mol. The van der Waals surface area contributed by atoms with Crippen molar-refractivity contribution in [2.24, 2.45) is 0 Å². The Balaban J connectivity index is 2.03. The van der Waals surface area contributed by atoms with Crippen LogP contribution in [0.3, 0.4) is 0 Å². The molecule has 0 heterocycles. The average Bonchev–Trinajstić information content (AvgIpc) is 2.30. The molecule has 2 amide bonds. The topological polar surface area (TPSA) is 41.1 Å². The molecule has 0 spiro atoms. The van der Waals surface area contributed by atoms with E-state index in [1.165, 1.54) is 0 Å². The second-order valence-electron chi connectivity index (χ2n) is 4.10. The third-order valence-electron chi connectivity index (χ3n) is 2.40. The molecule has 0 radical (unpaired) electrons. The number of nitrogens with one attached hydrogen (secondary N) is 2. The normalized spacial score (nSPS) is 10.1. The van der Waals surface area contributed by atoms with E-state index in [4.69, 9.17) is 11.6 Å². The van der Waals surface area contributed by atoms with Crippen molar-refractivity contribution in [1.82, 2.24) is 0 Å². The number of anilines is 2. The summed E-state index contributed by atoms with van der Waals surface area (Å²) in [6.45, 7) is 1.97. The first-order chi connectivity index (χ1) is 9.02. The quantitative estimate of drug-likeness (QED) is 0.789. The Morgan fingerprint density at radius 2 is 1.68 bits per heavy atom. The van der Waals surface area contributed by atoms with E-state index in [2.05, 4.69) is 26.6 Å². The number of carbonyl (C=O) groups is 1. The van der Waals surface area contributed by atoms with Gasteiger partial charge in [0.25, 0.3) is 0 Å². The van der Waals surface area contributed by atoms with E-state index < -0.39 is 0 Å². The van der Waals surface area contributed by atoms with Crippen LogP contribution >= 0.6 is 27.5 Å². The largest absolute Gasteiger partial charge is 0.323 e. The van der Waals surface area contributed by atoms with Gasteiger partial charge in [-0.15, -0.1) is 0 Å². The Hall–Kier alpha value is -1.52. The van der Waals surface area contributed by atoms with Gasteiger partial charge in [0.05, 0.1) is 0 Å². The van der Waals surface area contributed by atoms with E-state index in [1.807, 2.05) is 25.1 Å². The van der Waals surface area contributed by atoms with Gasteiger partial charge >= 0.3 is 6.03 Å². The number of halogens is 2. The van der Waals surface area contributed by atoms with Gasteiger partial charge in [0.2, 0.25) is 0 Å². The molecule has 2 rings (SSSR count). The van der Waals surface area contributed by atoms with E-state index in [-0.39, 0.29) is 6.03 Å². The number of urea groups is 1. The SMILES string of the molecule is Cc1cc(Br)cc(NC(=O)Nc2ccc(Cl)cc2)c1. The van der Waals surface area contributed by atoms with Gasteiger partial charge in [-0.25, -0.2) is 4.79 Å². The zero-order valence-electron chi connectivity index (χ0n) is 10.2. The molecule has 0 aliphatic carbocycles. The molecule has 0 saturated carbocycles. The molecule has 19 heavy (non-hydrogen) atoms. The lowest BCUT2D eigenvalue weighted by molar-refractivity contribution is 0.262. The van der Waals surface area contributed by atoms with Crippen LogP contribution in [0.2, 0.25) is 5.02 Å². The molecule has 0 aliphatic heterocycles. The molecule has 3 nitrogen and oxygen atoms in total. The maximum Gasteiger partial charge on any atom is 0.323 e. The van der Waals surface area contributed by atoms with Crippen LogP contribution in [-0.2, 0) is 0 Å². The summed E-state index contributed by atoms with van der Waals surface area (Å²) in [5, 5.41) is 6.14. The van der Waals surface area contributed by atoms with E-state index >= 15 is 0 Å². The molecule has 0 unspecified atom stereocenters. The lowest BCUT2D eigenvalue weighted by Gasteiger charge is -2.09. The Kier molecular flexibility index (Phi) is 4.45. The third-order valence-corrected chi connectivity index (χ3v) is 3.11. The summed E-state index contributed by atoms with van der Waals surface area (Å²) in [6.07, 6.45) is 0. The van der Waals surface area contributed by atoms with Crippen molar-refractivity contribution in [3.05, 3.63) is 57.5 Å². The monoisotopic (exact) mass is 338 g/mol. The van der Waals surface area contributed by atoms with E-state index in [9.17, 15) is 4.79 Å². The van der Waals surface area contributed by atoms with Gasteiger partial charge in [-0.3, -0.25) is 0 Å². The van der Waals surface area contributed by atoms with Crippen molar-refractivity contribution in [2.75, 3.05) is 10.6 Å². The highest BCUT2D eigenvalue weighted by molar-refractivity contribution is 9.10. The minimum Gasteiger partial charge on any atom is -0.308 e. The summed E-state index contributed by atoms with van der Waals surface area (Å²) in [4.78, 5) is 11.8. The van der Waals surface area contributed by atoms with Crippen molar-refractivity contribution in [3.63, 3.8) is 0 Å². The first-order valence-corrected chi connectivity index (χ1v) is 6.81. The Morgan fingerprint density at radius 1 is 1.05 bits per heavy atom. The predicted octanol–water partition coefficient (Wildman–Crippen LogP) is 5.05. The smallest absolute Gasteiger partial charge is 0.308 e. The van der Waals surface area contributed by atoms with Crippen LogP contribution in [0.1, 0.15) is 5.56 Å². The van der Waals surface area contributed by atoms with Crippen LogP contribution in [0, 0.1) is 6.92 Å². The maximum atomic E-state index is 11.8. The van der Waals surface area contributed by atoms with Crippen molar-refractivity contribution in [3.8, 4) is 0 Å². The Bertz CT molecular complexity index is 579. The highest BCUT2D eigenvalue weighted by Crippen LogP contribution is 2.19. The van der Waals surface area contributed by atoms with Gasteiger partial charge in [0.1, 0.15) is 0 Å². The second-order valence-corrected chi connectivity index (χ2v) is 5.46. The van der Waals surface area contributed by atoms with E-state index in [0.717, 1.165) is 15.7 Å². The lowest BCUT2D eigenvalue weighted by Crippen LogP contribution is -2.19. The first kappa shape index (κ1) is 13.9. The van der Waals surface area contributed by atoms with Gasteiger partial charge in [-0.2, -0.15) is 0 Å². The minimum atomic E-state index is -0.292. The zero-order valence-corrected chi connectivity index (χ0v) is 12.5. The highest BCUT2D eigenvalue weighted by Gasteiger charge is 2.03. The molecule has 0 saturated heterocycles. The molecular weight excluding hydrogens is 328 g/mol. The van der Waals surface area contributed by atoms with Crippen LogP contribution < -0.4 is 10.6 Å². The van der Waals surface area contributed by atoms with Crippen LogP contribution in [0.25, 0.3) is 0 Å². The van der Waals surface area contributed by atoms with Gasteiger partial charge in [-0.1, -0.05) is 27.5 Å². The van der Waals surface area contributed by atoms with Gasteiger partial charge in [0, 0.05) is 20.9 Å². The third kappa shape index (κ3) is 4.26. The van der Waals surface area contributed by atoms with Crippen molar-refractivity contribution in [1.29, 1.82) is 0 Å². The number of hydrogen-bond donors (Lipinski definition) is 2. The molecule has 98 valence electrons. The van der Waals surface area contributed by atoms with Crippen molar-refractivity contribution >= 4 is 44.9 Å². The fraction of sp³-hybridized carbons (Fsp3) is 0.0714. The number of benzene rings is 2. The Morgan fingerprint density at radius 3 is 2.32 bits per heavy atom. The second kappa shape index (κ2) is 6.08. The molecule has 0 bridgehead atoms. The van der Waals surface area contributed by atoms with Crippen LogP contribution in [-0.4, -0.2) is 6.03 Å². The van der Waals surface area contributed by atoms with Crippen LogP contribution in [0.15, 0.2) is 46.9 Å². The number of aryl methyl sites for hydroxylation is 1. The van der Waals surface area contributed by atoms with Crippen molar-refractivity contribution in [2.45, 2.75) is 6.92 Å². The zero-order chi connectivity index (χ0) is 13.8. The molecule has 0 aliphatic rings. The predicted molar refractivity (Wildman–Crippen MR) is 83.0 cm³/mol. The summed E-state index contributed by atoms with van der Waals surface area (Å²) in [7, 11) is 0. The maximum absolute atomic E-state index is 11.8. The Labute approximate surface area is 125 Å². The summed E-state index contributed by atoms with van der Waals surface area (Å²) >= 11 is 9.17. The van der Waals surface area contributed by atoms with Gasteiger partial charge in [0.15, 0.2) is 0 Å².